The molecule has 0 aliphatic carbocycles. The Morgan fingerprint density at radius 2 is 1.80 bits per heavy atom. The number of carbonyl (C=O) groups is 1. The maximum absolute atomic E-state index is 12.2. The van der Waals surface area contributed by atoms with Crippen LogP contribution in [0.3, 0.4) is 0 Å². The van der Waals surface area contributed by atoms with Gasteiger partial charge in [-0.25, -0.2) is 13.2 Å². The van der Waals surface area contributed by atoms with Gasteiger partial charge in [-0.05, 0) is 43.3 Å². The van der Waals surface area contributed by atoms with Crippen LogP contribution in [0.5, 0.6) is 5.75 Å². The van der Waals surface area contributed by atoms with Crippen molar-refractivity contribution in [3.05, 3.63) is 46.4 Å². The van der Waals surface area contributed by atoms with Gasteiger partial charge in [0.05, 0.1) is 27.2 Å². The van der Waals surface area contributed by atoms with Crippen LogP contribution in [0.15, 0.2) is 41.3 Å². The number of urea groups is 1. The number of halogens is 3. The largest absolute Gasteiger partial charge is 0.492 e. The van der Waals surface area contributed by atoms with Crippen molar-refractivity contribution in [3.8, 4) is 5.75 Å². The molecule has 10 heteroatoms. The molecule has 0 saturated carbocycles. The third kappa shape index (κ3) is 5.40. The zero-order valence-electron chi connectivity index (χ0n) is 12.8. The number of rotatable bonds is 5. The predicted molar refractivity (Wildman–Crippen MR) is 99.8 cm³/mol. The predicted octanol–water partition coefficient (Wildman–Crippen LogP) is 4.96. The van der Waals surface area contributed by atoms with Crippen LogP contribution in [0.25, 0.3) is 0 Å². The Morgan fingerprint density at radius 3 is 2.40 bits per heavy atom. The van der Waals surface area contributed by atoms with Crippen LogP contribution in [0.4, 0.5) is 16.2 Å². The standard InChI is InChI=1S/C15H13Cl3N2O4S/c1-2-24-14-6-4-10(25(18,22)23)8-13(14)20-15(21)19-9-3-5-11(16)12(17)7-9/h3-8H,2H2,1H3,(H2,19,20,21). The number of anilines is 2. The van der Waals surface area contributed by atoms with E-state index >= 15 is 0 Å². The second kappa shape index (κ2) is 8.14. The van der Waals surface area contributed by atoms with E-state index in [1.54, 1.807) is 13.0 Å². The van der Waals surface area contributed by atoms with Gasteiger partial charge in [0.25, 0.3) is 9.05 Å². The van der Waals surface area contributed by atoms with E-state index in [1.807, 2.05) is 0 Å². The van der Waals surface area contributed by atoms with E-state index in [-0.39, 0.29) is 15.6 Å². The summed E-state index contributed by atoms with van der Waals surface area (Å²) in [5, 5.41) is 5.71. The molecule has 0 aliphatic heterocycles. The molecule has 2 N–H and O–H groups in total. The quantitative estimate of drug-likeness (QED) is 0.665. The topological polar surface area (TPSA) is 84.5 Å². The first kappa shape index (κ1) is 19.7. The first-order valence-electron chi connectivity index (χ1n) is 6.95. The zero-order chi connectivity index (χ0) is 18.6. The molecule has 0 spiro atoms. The first-order valence-corrected chi connectivity index (χ1v) is 10.0. The van der Waals surface area contributed by atoms with Gasteiger partial charge in [0.1, 0.15) is 5.75 Å². The van der Waals surface area contributed by atoms with Crippen molar-refractivity contribution in [2.75, 3.05) is 17.2 Å². The van der Waals surface area contributed by atoms with Crippen LogP contribution in [-0.2, 0) is 9.05 Å². The third-order valence-corrected chi connectivity index (χ3v) is 5.05. The van der Waals surface area contributed by atoms with Gasteiger partial charge in [-0.2, -0.15) is 0 Å². The molecule has 0 heterocycles. The molecule has 0 fully saturated rings. The summed E-state index contributed by atoms with van der Waals surface area (Å²) in [6.45, 7) is 2.09. The van der Waals surface area contributed by atoms with E-state index in [1.165, 1.54) is 30.3 Å². The normalized spacial score (nSPS) is 11.0. The summed E-state index contributed by atoms with van der Waals surface area (Å²) in [5.74, 6) is 0.302. The average molecular weight is 424 g/mol. The summed E-state index contributed by atoms with van der Waals surface area (Å²) in [5.41, 5.74) is 0.562. The molecule has 2 rings (SSSR count). The van der Waals surface area contributed by atoms with Crippen molar-refractivity contribution in [2.45, 2.75) is 11.8 Å². The maximum atomic E-state index is 12.2. The highest BCUT2D eigenvalue weighted by molar-refractivity contribution is 8.13. The van der Waals surface area contributed by atoms with Gasteiger partial charge in [0.2, 0.25) is 0 Å². The Bertz CT molecular complexity index is 904. The van der Waals surface area contributed by atoms with E-state index in [9.17, 15) is 13.2 Å². The Balaban J connectivity index is 2.24. The van der Waals surface area contributed by atoms with Crippen molar-refractivity contribution in [3.63, 3.8) is 0 Å². The molecule has 0 aliphatic rings. The second-order valence-corrected chi connectivity index (χ2v) is 8.12. The van der Waals surface area contributed by atoms with Gasteiger partial charge in [-0.3, -0.25) is 0 Å². The number of hydrogen-bond acceptors (Lipinski definition) is 4. The maximum Gasteiger partial charge on any atom is 0.323 e. The van der Waals surface area contributed by atoms with Crippen molar-refractivity contribution < 1.29 is 17.9 Å². The SMILES string of the molecule is CCOc1ccc(S(=O)(=O)Cl)cc1NC(=O)Nc1ccc(Cl)c(Cl)c1. The van der Waals surface area contributed by atoms with Gasteiger partial charge in [0.15, 0.2) is 0 Å². The summed E-state index contributed by atoms with van der Waals surface area (Å²) >= 11 is 11.7. The minimum atomic E-state index is -3.95. The lowest BCUT2D eigenvalue weighted by Crippen LogP contribution is -2.20. The van der Waals surface area contributed by atoms with Gasteiger partial charge >= 0.3 is 6.03 Å². The molecule has 0 bridgehead atoms. The van der Waals surface area contributed by atoms with Crippen LogP contribution in [0.1, 0.15) is 6.92 Å². The summed E-state index contributed by atoms with van der Waals surface area (Å²) in [4.78, 5) is 12.0. The molecule has 0 radical (unpaired) electrons. The number of hydrogen-bond donors (Lipinski definition) is 2. The highest BCUT2D eigenvalue weighted by Crippen LogP contribution is 2.30. The fourth-order valence-electron chi connectivity index (χ4n) is 1.90. The van der Waals surface area contributed by atoms with Crippen molar-refractivity contribution >= 4 is 60.3 Å². The molecule has 0 unspecified atom stereocenters. The lowest BCUT2D eigenvalue weighted by Gasteiger charge is -2.13. The first-order chi connectivity index (χ1) is 11.7. The smallest absolute Gasteiger partial charge is 0.323 e. The van der Waals surface area contributed by atoms with E-state index in [4.69, 9.17) is 38.6 Å². The molecule has 6 nitrogen and oxygen atoms in total. The number of benzene rings is 2. The van der Waals surface area contributed by atoms with Gasteiger partial charge in [-0.1, -0.05) is 23.2 Å². The minimum absolute atomic E-state index is 0.154. The Morgan fingerprint density at radius 1 is 1.08 bits per heavy atom. The highest BCUT2D eigenvalue weighted by atomic mass is 35.7. The van der Waals surface area contributed by atoms with Crippen LogP contribution >= 0.6 is 33.9 Å². The molecule has 0 aromatic heterocycles. The van der Waals surface area contributed by atoms with Crippen LogP contribution in [0.2, 0.25) is 10.0 Å². The van der Waals surface area contributed by atoms with E-state index in [0.717, 1.165) is 0 Å². The Hall–Kier alpha value is -1.67. The lowest BCUT2D eigenvalue weighted by molar-refractivity contribution is 0.262. The van der Waals surface area contributed by atoms with Gasteiger partial charge < -0.3 is 15.4 Å². The summed E-state index contributed by atoms with van der Waals surface area (Å²) < 4.78 is 28.3. The lowest BCUT2D eigenvalue weighted by atomic mass is 10.3. The minimum Gasteiger partial charge on any atom is -0.492 e. The third-order valence-electron chi connectivity index (χ3n) is 2.96. The van der Waals surface area contributed by atoms with Crippen LogP contribution in [-0.4, -0.2) is 21.1 Å². The molecule has 2 amide bonds. The van der Waals surface area contributed by atoms with Crippen LogP contribution in [0, 0.1) is 0 Å². The fraction of sp³-hybridized carbons (Fsp3) is 0.133. The van der Waals surface area contributed by atoms with Crippen LogP contribution < -0.4 is 15.4 Å². The molecule has 2 aromatic rings. The van der Waals surface area contributed by atoms with Crippen molar-refractivity contribution in [1.82, 2.24) is 0 Å². The molecule has 0 atom stereocenters. The van der Waals surface area contributed by atoms with E-state index < -0.39 is 15.1 Å². The summed E-state index contributed by atoms with van der Waals surface area (Å²) in [6, 6.07) is 7.86. The molecule has 134 valence electrons. The van der Waals surface area contributed by atoms with E-state index in [0.29, 0.717) is 23.1 Å². The molecule has 0 saturated heterocycles. The summed E-state index contributed by atoms with van der Waals surface area (Å²) in [6.07, 6.45) is 0. The molecule has 25 heavy (non-hydrogen) atoms. The number of nitrogens with one attached hydrogen (secondary N) is 2. The zero-order valence-corrected chi connectivity index (χ0v) is 15.9. The number of amides is 2. The average Bonchev–Trinajstić information content (AvgIpc) is 2.52. The Labute approximate surface area is 159 Å². The van der Waals surface area contributed by atoms with E-state index in [2.05, 4.69) is 10.6 Å². The number of ether oxygens (including phenoxy) is 1. The monoisotopic (exact) mass is 422 g/mol. The molecular weight excluding hydrogens is 411 g/mol. The number of carbonyl (C=O) groups excluding carboxylic acids is 1. The molecule has 2 aromatic carbocycles. The van der Waals surface area contributed by atoms with Gasteiger partial charge in [0, 0.05) is 16.4 Å². The van der Waals surface area contributed by atoms with Gasteiger partial charge in [-0.15, -0.1) is 0 Å². The molecular formula is C15H13Cl3N2O4S. The highest BCUT2D eigenvalue weighted by Gasteiger charge is 2.15. The fourth-order valence-corrected chi connectivity index (χ4v) is 2.97. The van der Waals surface area contributed by atoms with Crippen molar-refractivity contribution in [1.29, 1.82) is 0 Å². The summed E-state index contributed by atoms with van der Waals surface area (Å²) in [7, 11) is 1.39. The van der Waals surface area contributed by atoms with Crippen molar-refractivity contribution in [2.24, 2.45) is 0 Å². The Kier molecular flexibility index (Phi) is 6.40. The second-order valence-electron chi connectivity index (χ2n) is 4.74.